The zero-order valence-electron chi connectivity index (χ0n) is 19.9. The highest BCUT2D eigenvalue weighted by molar-refractivity contribution is 5.62. The summed E-state index contributed by atoms with van der Waals surface area (Å²) in [7, 11) is 1.66. The van der Waals surface area contributed by atoms with Crippen LogP contribution in [-0.4, -0.2) is 68.0 Å². The third-order valence-corrected chi connectivity index (χ3v) is 8.66. The van der Waals surface area contributed by atoms with Crippen LogP contribution in [-0.2, 0) is 21.3 Å². The quantitative estimate of drug-likeness (QED) is 0.438. The van der Waals surface area contributed by atoms with E-state index in [1.807, 2.05) is 6.07 Å². The van der Waals surface area contributed by atoms with Crippen molar-refractivity contribution in [2.24, 2.45) is 5.92 Å². The molecule has 1 saturated carbocycles. The molecule has 0 radical (unpaired) electrons. The molecule has 2 aliphatic heterocycles. The van der Waals surface area contributed by atoms with Gasteiger partial charge in [0.1, 0.15) is 6.10 Å². The molecule has 178 valence electrons. The summed E-state index contributed by atoms with van der Waals surface area (Å²) in [6.45, 7) is 7.64. The number of ether oxygens (including phenoxy) is 4. The fourth-order valence-corrected chi connectivity index (χ4v) is 6.78. The smallest absolute Gasteiger partial charge is 0.189 e. The highest BCUT2D eigenvalue weighted by Gasteiger charge is 2.68. The van der Waals surface area contributed by atoms with Gasteiger partial charge in [-0.25, -0.2) is 0 Å². The van der Waals surface area contributed by atoms with Gasteiger partial charge in [-0.3, -0.25) is 4.90 Å². The summed E-state index contributed by atoms with van der Waals surface area (Å²) in [5, 5.41) is 12.2. The van der Waals surface area contributed by atoms with Crippen molar-refractivity contribution in [1.29, 1.82) is 0 Å². The number of benzene rings is 1. The maximum atomic E-state index is 12.2. The highest BCUT2D eigenvalue weighted by atomic mass is 16.7. The van der Waals surface area contributed by atoms with Gasteiger partial charge in [0.15, 0.2) is 18.3 Å². The first kappa shape index (κ1) is 22.5. The molecule has 6 nitrogen and oxygen atoms in total. The molecular formula is C26H39NO5. The lowest BCUT2D eigenvalue weighted by molar-refractivity contribution is -0.158. The normalized spacial score (nSPS) is 33.5. The molecule has 2 heterocycles. The third kappa shape index (κ3) is 3.37. The van der Waals surface area contributed by atoms with Gasteiger partial charge >= 0.3 is 0 Å². The van der Waals surface area contributed by atoms with Gasteiger partial charge in [-0.15, -0.1) is 0 Å². The van der Waals surface area contributed by atoms with Crippen LogP contribution >= 0.6 is 0 Å². The molecule has 0 amide bonds. The molecule has 6 heteroatoms. The highest BCUT2D eigenvalue weighted by Crippen LogP contribution is 2.62. The minimum absolute atomic E-state index is 0.0240. The van der Waals surface area contributed by atoms with Gasteiger partial charge in [-0.05, 0) is 63.1 Å². The monoisotopic (exact) mass is 445 g/mol. The van der Waals surface area contributed by atoms with Crippen molar-refractivity contribution in [3.8, 4) is 11.5 Å². The number of aliphatic hydroxyl groups is 1. The summed E-state index contributed by atoms with van der Waals surface area (Å²) in [5.41, 5.74) is 1.32. The third-order valence-electron chi connectivity index (χ3n) is 8.66. The van der Waals surface area contributed by atoms with Crippen molar-refractivity contribution < 1.29 is 24.1 Å². The number of piperidine rings is 1. The van der Waals surface area contributed by atoms with Crippen LogP contribution in [0.15, 0.2) is 12.1 Å². The van der Waals surface area contributed by atoms with E-state index in [2.05, 4.69) is 24.8 Å². The fourth-order valence-electron chi connectivity index (χ4n) is 6.78. The largest absolute Gasteiger partial charge is 0.485 e. The van der Waals surface area contributed by atoms with Crippen molar-refractivity contribution in [2.75, 3.05) is 40.2 Å². The van der Waals surface area contributed by atoms with Gasteiger partial charge in [0.05, 0.1) is 24.2 Å². The molecule has 2 fully saturated rings. The molecule has 1 aromatic carbocycles. The van der Waals surface area contributed by atoms with Crippen LogP contribution in [0, 0.1) is 5.92 Å². The van der Waals surface area contributed by atoms with Crippen molar-refractivity contribution in [1.82, 2.24) is 4.90 Å². The Bertz CT molecular complexity index is 823. The Morgan fingerprint density at radius 3 is 2.81 bits per heavy atom. The Morgan fingerprint density at radius 2 is 2.09 bits per heavy atom. The molecule has 0 aromatic heterocycles. The molecule has 1 spiro atoms. The Balaban J connectivity index is 1.47. The number of hydrogen-bond donors (Lipinski definition) is 1. The van der Waals surface area contributed by atoms with Crippen LogP contribution in [0.25, 0.3) is 0 Å². The zero-order valence-corrected chi connectivity index (χ0v) is 19.9. The summed E-state index contributed by atoms with van der Waals surface area (Å²) >= 11 is 0. The first-order chi connectivity index (χ1) is 15.5. The van der Waals surface area contributed by atoms with Crippen molar-refractivity contribution >= 4 is 0 Å². The van der Waals surface area contributed by atoms with Crippen LogP contribution in [0.3, 0.4) is 0 Å². The number of fused-ring (bicyclic) bond motifs is 1. The van der Waals surface area contributed by atoms with E-state index in [1.54, 1.807) is 7.11 Å². The Hall–Kier alpha value is -1.34. The van der Waals surface area contributed by atoms with Gasteiger partial charge in [0.25, 0.3) is 0 Å². The lowest BCUT2D eigenvalue weighted by atomic mass is 9.53. The van der Waals surface area contributed by atoms with E-state index in [1.165, 1.54) is 30.4 Å². The summed E-state index contributed by atoms with van der Waals surface area (Å²) in [6, 6.07) is 4.37. The predicted octanol–water partition coefficient (Wildman–Crippen LogP) is 3.67. The second kappa shape index (κ2) is 8.79. The van der Waals surface area contributed by atoms with Crippen molar-refractivity contribution in [3.05, 3.63) is 23.3 Å². The van der Waals surface area contributed by atoms with Crippen LogP contribution in [0.5, 0.6) is 11.5 Å². The standard InChI is InChI=1S/C26H39NO5/c1-4-6-22-26-11-12-27(16-18-7-5-8-18)21(25(26,2)28)15-19-9-10-20(24(32-22)23(19)26)31-17-30-14-13-29-3/h9-10,18,21-22,28H,4-8,11-17H2,1-3H3. The van der Waals surface area contributed by atoms with Crippen LogP contribution in [0.2, 0.25) is 0 Å². The molecule has 4 atom stereocenters. The molecule has 1 aromatic rings. The molecular weight excluding hydrogens is 406 g/mol. The fraction of sp³-hybridized carbons (Fsp3) is 0.769. The van der Waals surface area contributed by atoms with Crippen molar-refractivity contribution in [2.45, 2.75) is 82.0 Å². The van der Waals surface area contributed by atoms with Gasteiger partial charge in [0.2, 0.25) is 0 Å². The van der Waals surface area contributed by atoms with Gasteiger partial charge < -0.3 is 24.1 Å². The second-order valence-corrected chi connectivity index (χ2v) is 10.4. The van der Waals surface area contributed by atoms with Gasteiger partial charge in [-0.2, -0.15) is 0 Å². The van der Waals surface area contributed by atoms with E-state index >= 15 is 0 Å². The topological polar surface area (TPSA) is 60.4 Å². The number of methoxy groups -OCH3 is 1. The average Bonchev–Trinajstić information content (AvgIpc) is 3.06. The minimum atomic E-state index is -0.833. The first-order valence-electron chi connectivity index (χ1n) is 12.5. The van der Waals surface area contributed by atoms with Gasteiger partial charge in [0, 0.05) is 25.3 Å². The molecule has 4 aliphatic rings. The number of nitrogens with zero attached hydrogens (tertiary/aromatic N) is 1. The Labute approximate surface area is 192 Å². The predicted molar refractivity (Wildman–Crippen MR) is 122 cm³/mol. The average molecular weight is 446 g/mol. The number of hydrogen-bond acceptors (Lipinski definition) is 6. The van der Waals surface area contributed by atoms with E-state index in [9.17, 15) is 5.11 Å². The zero-order chi connectivity index (χ0) is 22.3. The summed E-state index contributed by atoms with van der Waals surface area (Å²) < 4.78 is 23.2. The summed E-state index contributed by atoms with van der Waals surface area (Å²) in [5.74, 6) is 2.37. The summed E-state index contributed by atoms with van der Waals surface area (Å²) in [4.78, 5) is 2.59. The SMILES string of the molecule is CCCC1Oc2c(OCOCCOC)ccc3c2C12CCN(CC1CCC1)C(C3)C2(C)O. The van der Waals surface area contributed by atoms with Crippen LogP contribution in [0.4, 0.5) is 0 Å². The van der Waals surface area contributed by atoms with E-state index in [0.29, 0.717) is 13.2 Å². The van der Waals surface area contributed by atoms with Crippen molar-refractivity contribution in [3.63, 3.8) is 0 Å². The lowest BCUT2D eigenvalue weighted by Gasteiger charge is -2.60. The van der Waals surface area contributed by atoms with E-state index in [4.69, 9.17) is 18.9 Å². The molecule has 1 saturated heterocycles. The molecule has 5 rings (SSSR count). The summed E-state index contributed by atoms with van der Waals surface area (Å²) in [6.07, 6.45) is 7.78. The number of rotatable bonds is 10. The minimum Gasteiger partial charge on any atom is -0.485 e. The van der Waals surface area contributed by atoms with E-state index in [0.717, 1.165) is 56.2 Å². The second-order valence-electron chi connectivity index (χ2n) is 10.4. The molecule has 32 heavy (non-hydrogen) atoms. The van der Waals surface area contributed by atoms with E-state index < -0.39 is 5.60 Å². The molecule has 2 aliphatic carbocycles. The van der Waals surface area contributed by atoms with Crippen LogP contribution < -0.4 is 9.47 Å². The van der Waals surface area contributed by atoms with Gasteiger partial charge in [-0.1, -0.05) is 25.8 Å². The number of likely N-dealkylation sites (tertiary alicyclic amines) is 1. The Morgan fingerprint density at radius 1 is 1.25 bits per heavy atom. The lowest BCUT2D eigenvalue weighted by Crippen LogP contribution is -2.73. The Kier molecular flexibility index (Phi) is 6.16. The first-order valence-corrected chi connectivity index (χ1v) is 12.5. The maximum Gasteiger partial charge on any atom is 0.189 e. The molecule has 1 N–H and O–H groups in total. The van der Waals surface area contributed by atoms with E-state index in [-0.39, 0.29) is 24.4 Å². The van der Waals surface area contributed by atoms with Crippen LogP contribution in [0.1, 0.15) is 63.5 Å². The molecule has 4 unspecified atom stereocenters. The molecule has 2 bridgehead atoms. The maximum absolute atomic E-state index is 12.2.